The van der Waals surface area contributed by atoms with E-state index in [2.05, 4.69) is 69.6 Å². The quantitative estimate of drug-likeness (QED) is 0.754. The Labute approximate surface area is 132 Å². The molecule has 0 radical (unpaired) electrons. The van der Waals surface area contributed by atoms with E-state index < -0.39 is 0 Å². The van der Waals surface area contributed by atoms with Gasteiger partial charge in [-0.15, -0.1) is 0 Å². The summed E-state index contributed by atoms with van der Waals surface area (Å²) >= 11 is 3.61. The summed E-state index contributed by atoms with van der Waals surface area (Å²) in [7, 11) is 0. The molecule has 0 spiro atoms. The van der Waals surface area contributed by atoms with Crippen molar-refractivity contribution < 1.29 is 0 Å². The van der Waals surface area contributed by atoms with Crippen LogP contribution in [-0.4, -0.2) is 9.55 Å². The fraction of sp³-hybridized carbons (Fsp3) is 0.118. The van der Waals surface area contributed by atoms with E-state index in [1.807, 2.05) is 16.8 Å². The molecule has 2 aromatic carbocycles. The van der Waals surface area contributed by atoms with Crippen molar-refractivity contribution in [3.63, 3.8) is 0 Å². The molecular weight excluding hydrogens is 326 g/mol. The summed E-state index contributed by atoms with van der Waals surface area (Å²) in [5, 5.41) is 3.46. The summed E-state index contributed by atoms with van der Waals surface area (Å²) in [6.07, 6.45) is 5.52. The number of nitrogens with zero attached hydrogens (tertiary/aromatic N) is 2. The summed E-state index contributed by atoms with van der Waals surface area (Å²) in [5.74, 6) is 0. The highest BCUT2D eigenvalue weighted by Gasteiger charge is 2.01. The zero-order chi connectivity index (χ0) is 14.7. The topological polar surface area (TPSA) is 29.9 Å². The molecule has 3 nitrogen and oxygen atoms in total. The largest absolute Gasteiger partial charge is 0.381 e. The zero-order valence-electron chi connectivity index (χ0n) is 11.8. The number of aryl methyl sites for hydroxylation is 1. The Bertz CT molecular complexity index is 736. The van der Waals surface area contributed by atoms with Crippen molar-refractivity contribution >= 4 is 21.6 Å². The van der Waals surface area contributed by atoms with Gasteiger partial charge in [0.1, 0.15) is 0 Å². The molecule has 3 rings (SSSR count). The minimum Gasteiger partial charge on any atom is -0.381 e. The number of benzene rings is 2. The number of hydrogen-bond acceptors (Lipinski definition) is 2. The van der Waals surface area contributed by atoms with Crippen molar-refractivity contribution in [2.24, 2.45) is 0 Å². The summed E-state index contributed by atoms with van der Waals surface area (Å²) in [6, 6.07) is 14.7. The van der Waals surface area contributed by atoms with Crippen LogP contribution in [0.3, 0.4) is 0 Å². The predicted octanol–water partition coefficient (Wildman–Crippen LogP) is 4.56. The third kappa shape index (κ3) is 3.34. The van der Waals surface area contributed by atoms with Gasteiger partial charge in [-0.05, 0) is 42.3 Å². The van der Waals surface area contributed by atoms with Crippen LogP contribution in [-0.2, 0) is 6.54 Å². The molecule has 0 fully saturated rings. The summed E-state index contributed by atoms with van der Waals surface area (Å²) in [4.78, 5) is 4.08. The van der Waals surface area contributed by atoms with Crippen LogP contribution in [0.1, 0.15) is 11.1 Å². The molecule has 1 N–H and O–H groups in total. The van der Waals surface area contributed by atoms with Gasteiger partial charge in [-0.1, -0.05) is 34.1 Å². The first-order valence-electron chi connectivity index (χ1n) is 6.80. The normalized spacial score (nSPS) is 10.6. The van der Waals surface area contributed by atoms with Crippen LogP contribution in [0.2, 0.25) is 0 Å². The van der Waals surface area contributed by atoms with Crippen molar-refractivity contribution in [3.05, 3.63) is 76.8 Å². The number of rotatable bonds is 4. The van der Waals surface area contributed by atoms with E-state index in [0.29, 0.717) is 0 Å². The lowest BCUT2D eigenvalue weighted by atomic mass is 10.1. The van der Waals surface area contributed by atoms with Crippen LogP contribution in [0.25, 0.3) is 5.69 Å². The Kier molecular flexibility index (Phi) is 4.06. The predicted molar refractivity (Wildman–Crippen MR) is 89.8 cm³/mol. The molecule has 0 atom stereocenters. The van der Waals surface area contributed by atoms with Crippen LogP contribution in [0.4, 0.5) is 5.69 Å². The lowest BCUT2D eigenvalue weighted by Gasteiger charge is -2.10. The lowest BCUT2D eigenvalue weighted by molar-refractivity contribution is 1.05. The van der Waals surface area contributed by atoms with E-state index in [9.17, 15) is 0 Å². The van der Waals surface area contributed by atoms with Gasteiger partial charge in [0.25, 0.3) is 0 Å². The highest BCUT2D eigenvalue weighted by molar-refractivity contribution is 9.10. The second-order valence-electron chi connectivity index (χ2n) is 4.97. The van der Waals surface area contributed by atoms with Crippen molar-refractivity contribution in [1.29, 1.82) is 0 Å². The van der Waals surface area contributed by atoms with E-state index in [1.165, 1.54) is 11.1 Å². The number of halogens is 1. The van der Waals surface area contributed by atoms with Crippen LogP contribution in [0.5, 0.6) is 0 Å². The second kappa shape index (κ2) is 6.14. The molecular formula is C17H16BrN3. The molecule has 106 valence electrons. The van der Waals surface area contributed by atoms with Gasteiger partial charge in [0.2, 0.25) is 0 Å². The molecule has 0 aliphatic carbocycles. The third-order valence-corrected chi connectivity index (χ3v) is 4.08. The minimum atomic E-state index is 0.786. The third-order valence-electron chi connectivity index (χ3n) is 3.34. The Morgan fingerprint density at radius 1 is 1.19 bits per heavy atom. The van der Waals surface area contributed by atoms with Crippen LogP contribution in [0, 0.1) is 6.92 Å². The maximum absolute atomic E-state index is 4.08. The molecule has 1 aromatic heterocycles. The molecule has 0 unspecified atom stereocenters. The summed E-state index contributed by atoms with van der Waals surface area (Å²) in [5.41, 5.74) is 4.69. The Morgan fingerprint density at radius 2 is 2.10 bits per heavy atom. The molecule has 1 heterocycles. The molecule has 0 aliphatic rings. The van der Waals surface area contributed by atoms with Crippen LogP contribution >= 0.6 is 15.9 Å². The van der Waals surface area contributed by atoms with Crippen molar-refractivity contribution in [3.8, 4) is 5.69 Å². The Balaban J connectivity index is 1.75. The van der Waals surface area contributed by atoms with Gasteiger partial charge >= 0.3 is 0 Å². The Hall–Kier alpha value is -2.07. The van der Waals surface area contributed by atoms with Gasteiger partial charge in [0, 0.05) is 34.8 Å². The van der Waals surface area contributed by atoms with E-state index in [0.717, 1.165) is 22.4 Å². The van der Waals surface area contributed by atoms with E-state index in [4.69, 9.17) is 0 Å². The average molecular weight is 342 g/mol. The molecule has 4 heteroatoms. The van der Waals surface area contributed by atoms with Crippen molar-refractivity contribution in [2.75, 3.05) is 5.32 Å². The number of aromatic nitrogens is 2. The molecule has 3 aromatic rings. The number of nitrogens with one attached hydrogen (secondary N) is 1. The SMILES string of the molecule is Cc1ccc(CNc2cccc(-n3ccnc3)c2)c(Br)c1. The fourth-order valence-corrected chi connectivity index (χ4v) is 2.81. The zero-order valence-corrected chi connectivity index (χ0v) is 13.3. The summed E-state index contributed by atoms with van der Waals surface area (Å²) in [6.45, 7) is 2.88. The molecule has 0 amide bonds. The van der Waals surface area contributed by atoms with Crippen LogP contribution in [0.15, 0.2) is 65.7 Å². The molecule has 0 bridgehead atoms. The standard InChI is InChI=1S/C17H16BrN3/c1-13-5-6-14(17(18)9-13)11-20-15-3-2-4-16(10-15)21-8-7-19-12-21/h2-10,12,20H,11H2,1H3. The Morgan fingerprint density at radius 3 is 2.86 bits per heavy atom. The first-order chi connectivity index (χ1) is 10.2. The van der Waals surface area contributed by atoms with Crippen LogP contribution < -0.4 is 5.32 Å². The lowest BCUT2D eigenvalue weighted by Crippen LogP contribution is -2.01. The van der Waals surface area contributed by atoms with Gasteiger partial charge in [0.15, 0.2) is 0 Å². The molecule has 21 heavy (non-hydrogen) atoms. The van der Waals surface area contributed by atoms with Gasteiger partial charge in [-0.3, -0.25) is 0 Å². The van der Waals surface area contributed by atoms with E-state index in [1.54, 1.807) is 12.5 Å². The second-order valence-corrected chi connectivity index (χ2v) is 5.82. The fourth-order valence-electron chi connectivity index (χ4n) is 2.18. The maximum Gasteiger partial charge on any atom is 0.0991 e. The van der Waals surface area contributed by atoms with E-state index in [-0.39, 0.29) is 0 Å². The number of hydrogen-bond donors (Lipinski definition) is 1. The van der Waals surface area contributed by atoms with Crippen molar-refractivity contribution in [2.45, 2.75) is 13.5 Å². The number of imidazole rings is 1. The first kappa shape index (κ1) is 13.9. The number of anilines is 1. The maximum atomic E-state index is 4.08. The average Bonchev–Trinajstić information content (AvgIpc) is 3.01. The van der Waals surface area contributed by atoms with E-state index >= 15 is 0 Å². The smallest absolute Gasteiger partial charge is 0.0991 e. The van der Waals surface area contributed by atoms with Gasteiger partial charge in [-0.2, -0.15) is 0 Å². The highest BCUT2D eigenvalue weighted by atomic mass is 79.9. The first-order valence-corrected chi connectivity index (χ1v) is 7.59. The highest BCUT2D eigenvalue weighted by Crippen LogP contribution is 2.20. The van der Waals surface area contributed by atoms with Crippen molar-refractivity contribution in [1.82, 2.24) is 9.55 Å². The minimum absolute atomic E-state index is 0.786. The monoisotopic (exact) mass is 341 g/mol. The summed E-state index contributed by atoms with van der Waals surface area (Å²) < 4.78 is 3.13. The van der Waals surface area contributed by atoms with Gasteiger partial charge in [-0.25, -0.2) is 4.98 Å². The van der Waals surface area contributed by atoms with Gasteiger partial charge in [0.05, 0.1) is 6.33 Å². The van der Waals surface area contributed by atoms with Gasteiger partial charge < -0.3 is 9.88 Å². The molecule has 0 saturated carbocycles. The molecule has 0 saturated heterocycles. The molecule has 0 aliphatic heterocycles.